The summed E-state index contributed by atoms with van der Waals surface area (Å²) in [4.78, 5) is 25.6. The number of hydrogen-bond donors (Lipinski definition) is 3. The minimum absolute atomic E-state index is 0.0858. The predicted molar refractivity (Wildman–Crippen MR) is 142 cm³/mol. The highest BCUT2D eigenvalue weighted by molar-refractivity contribution is 14.1. The van der Waals surface area contributed by atoms with Gasteiger partial charge in [0.2, 0.25) is 5.91 Å². The summed E-state index contributed by atoms with van der Waals surface area (Å²) in [5, 5.41) is 15.5. The third-order valence-corrected chi connectivity index (χ3v) is 6.35. The van der Waals surface area contributed by atoms with E-state index in [1.807, 2.05) is 75.5 Å². The van der Waals surface area contributed by atoms with E-state index in [1.165, 1.54) is 7.11 Å². The standard InChI is InChI=1S/C24H22I2N2O5/c1-32-21-10-6-5-9-19(21)27-23(30)20(13-16-11-17(25)22(29)18(26)12-16)28-24(31)33-14-15-7-3-2-4-8-15/h2-12,20,29H,13-14H2,1H3,(H,27,30)(H,28,31)/t20-/m1/s1. The maximum Gasteiger partial charge on any atom is 0.408 e. The maximum atomic E-state index is 13.1. The van der Waals surface area contributed by atoms with Crippen molar-refractivity contribution in [1.82, 2.24) is 5.32 Å². The van der Waals surface area contributed by atoms with Crippen LogP contribution in [0, 0.1) is 7.14 Å². The van der Waals surface area contributed by atoms with E-state index in [4.69, 9.17) is 9.47 Å². The van der Waals surface area contributed by atoms with Crippen LogP contribution in [0.5, 0.6) is 11.5 Å². The van der Waals surface area contributed by atoms with Crippen LogP contribution < -0.4 is 15.4 Å². The van der Waals surface area contributed by atoms with E-state index in [0.717, 1.165) is 11.1 Å². The Kier molecular flexibility index (Phi) is 9.18. The van der Waals surface area contributed by atoms with Crippen LogP contribution in [0.1, 0.15) is 11.1 Å². The second-order valence-corrected chi connectivity index (χ2v) is 9.38. The summed E-state index contributed by atoms with van der Waals surface area (Å²) >= 11 is 4.06. The average molecular weight is 672 g/mol. The summed E-state index contributed by atoms with van der Waals surface area (Å²) in [6.45, 7) is 0.0858. The van der Waals surface area contributed by atoms with Gasteiger partial charge in [0, 0.05) is 6.42 Å². The van der Waals surface area contributed by atoms with Crippen LogP contribution in [0.3, 0.4) is 0 Å². The molecule has 0 heterocycles. The molecule has 33 heavy (non-hydrogen) atoms. The molecule has 0 saturated carbocycles. The van der Waals surface area contributed by atoms with Crippen LogP contribution in [0.25, 0.3) is 0 Å². The molecule has 0 radical (unpaired) electrons. The molecule has 3 aromatic rings. The first-order valence-corrected chi connectivity index (χ1v) is 12.1. The Labute approximate surface area is 219 Å². The van der Waals surface area contributed by atoms with Crippen molar-refractivity contribution < 1.29 is 24.2 Å². The van der Waals surface area contributed by atoms with Crippen LogP contribution in [-0.2, 0) is 22.6 Å². The predicted octanol–water partition coefficient (Wildman–Crippen LogP) is 5.09. The number of ether oxygens (including phenoxy) is 2. The number of hydrogen-bond acceptors (Lipinski definition) is 5. The lowest BCUT2D eigenvalue weighted by molar-refractivity contribution is -0.118. The van der Waals surface area contributed by atoms with Crippen LogP contribution in [-0.4, -0.2) is 30.3 Å². The van der Waals surface area contributed by atoms with Crippen molar-refractivity contribution in [2.24, 2.45) is 0 Å². The van der Waals surface area contributed by atoms with Crippen molar-refractivity contribution in [3.8, 4) is 11.5 Å². The van der Waals surface area contributed by atoms with Crippen LogP contribution in [0.2, 0.25) is 0 Å². The van der Waals surface area contributed by atoms with E-state index in [-0.39, 0.29) is 18.8 Å². The normalized spacial score (nSPS) is 11.4. The molecule has 3 N–H and O–H groups in total. The zero-order chi connectivity index (χ0) is 23.8. The molecule has 3 rings (SSSR count). The number of halogens is 2. The molecule has 7 nitrogen and oxygen atoms in total. The van der Waals surface area contributed by atoms with E-state index in [2.05, 4.69) is 10.6 Å². The summed E-state index contributed by atoms with van der Waals surface area (Å²) in [5.41, 5.74) is 2.11. The van der Waals surface area contributed by atoms with Crippen molar-refractivity contribution in [2.45, 2.75) is 19.1 Å². The van der Waals surface area contributed by atoms with Crippen LogP contribution >= 0.6 is 45.2 Å². The first-order valence-electron chi connectivity index (χ1n) is 9.95. The summed E-state index contributed by atoms with van der Waals surface area (Å²) in [6.07, 6.45) is -0.504. The number of carbonyl (C=O) groups excluding carboxylic acids is 2. The molecule has 0 bridgehead atoms. The Bertz CT molecular complexity index is 1100. The van der Waals surface area contributed by atoms with Crippen molar-refractivity contribution in [3.63, 3.8) is 0 Å². The third kappa shape index (κ3) is 7.22. The third-order valence-electron chi connectivity index (χ3n) is 4.70. The Morgan fingerprint density at radius 2 is 1.61 bits per heavy atom. The molecule has 9 heteroatoms. The number of anilines is 1. The molecular weight excluding hydrogens is 650 g/mol. The highest BCUT2D eigenvalue weighted by Gasteiger charge is 2.24. The molecular formula is C24H22I2N2O5. The van der Waals surface area contributed by atoms with Crippen molar-refractivity contribution in [3.05, 3.63) is 85.0 Å². The molecule has 0 aromatic heterocycles. The van der Waals surface area contributed by atoms with Gasteiger partial charge in [-0.2, -0.15) is 0 Å². The SMILES string of the molecule is COc1ccccc1NC(=O)[C@@H](Cc1cc(I)c(O)c(I)c1)NC(=O)OCc1ccccc1. The van der Waals surface area contributed by atoms with Crippen molar-refractivity contribution in [2.75, 3.05) is 12.4 Å². The summed E-state index contributed by atoms with van der Waals surface area (Å²) in [7, 11) is 1.52. The van der Waals surface area contributed by atoms with Gasteiger partial charge in [0.1, 0.15) is 24.1 Å². The van der Waals surface area contributed by atoms with E-state index in [1.54, 1.807) is 36.4 Å². The first-order chi connectivity index (χ1) is 15.9. The second-order valence-electron chi connectivity index (χ2n) is 7.06. The lowest BCUT2D eigenvalue weighted by Gasteiger charge is -2.20. The van der Waals surface area contributed by atoms with Gasteiger partial charge in [0.25, 0.3) is 0 Å². The van der Waals surface area contributed by atoms with Gasteiger partial charge in [-0.15, -0.1) is 0 Å². The van der Waals surface area contributed by atoms with E-state index in [0.29, 0.717) is 18.6 Å². The van der Waals surface area contributed by atoms with Gasteiger partial charge in [-0.3, -0.25) is 4.79 Å². The number of phenolic OH excluding ortho intramolecular Hbond substituents is 1. The van der Waals surface area contributed by atoms with E-state index in [9.17, 15) is 14.7 Å². The number of phenols is 1. The van der Waals surface area contributed by atoms with Gasteiger partial charge >= 0.3 is 6.09 Å². The topological polar surface area (TPSA) is 96.9 Å². The molecule has 0 saturated heterocycles. The molecule has 0 aliphatic carbocycles. The van der Waals surface area contributed by atoms with E-state index < -0.39 is 18.0 Å². The monoisotopic (exact) mass is 672 g/mol. The average Bonchev–Trinajstić information content (AvgIpc) is 2.81. The van der Waals surface area contributed by atoms with Gasteiger partial charge in [0.15, 0.2) is 0 Å². The van der Waals surface area contributed by atoms with Crippen LogP contribution in [0.4, 0.5) is 10.5 Å². The second kappa shape index (κ2) is 12.1. The number of benzene rings is 3. The number of aromatic hydroxyl groups is 1. The van der Waals surface area contributed by atoms with E-state index >= 15 is 0 Å². The molecule has 0 aliphatic rings. The number of carbonyl (C=O) groups is 2. The fraction of sp³-hybridized carbons (Fsp3) is 0.167. The fourth-order valence-corrected chi connectivity index (χ4v) is 4.95. The quantitative estimate of drug-likeness (QED) is 0.290. The summed E-state index contributed by atoms with van der Waals surface area (Å²) in [5.74, 6) is 0.268. The Morgan fingerprint density at radius 1 is 0.970 bits per heavy atom. The zero-order valence-corrected chi connectivity index (χ0v) is 22.0. The van der Waals surface area contributed by atoms with Gasteiger partial charge in [0.05, 0.1) is 19.9 Å². The van der Waals surface area contributed by atoms with Gasteiger partial charge < -0.3 is 25.2 Å². The molecule has 172 valence electrons. The van der Waals surface area contributed by atoms with Crippen molar-refractivity contribution >= 4 is 62.9 Å². The summed E-state index contributed by atoms with van der Waals surface area (Å²) in [6, 6.07) is 18.9. The highest BCUT2D eigenvalue weighted by atomic mass is 127. The Balaban J connectivity index is 1.77. The summed E-state index contributed by atoms with van der Waals surface area (Å²) < 4.78 is 11.9. The Morgan fingerprint density at radius 3 is 2.27 bits per heavy atom. The number of methoxy groups -OCH3 is 1. The highest BCUT2D eigenvalue weighted by Crippen LogP contribution is 2.28. The number of rotatable bonds is 8. The smallest absolute Gasteiger partial charge is 0.408 e. The molecule has 0 unspecified atom stereocenters. The van der Waals surface area contributed by atoms with Gasteiger partial charge in [-0.05, 0) is 80.6 Å². The lowest BCUT2D eigenvalue weighted by atomic mass is 10.0. The van der Waals surface area contributed by atoms with Crippen molar-refractivity contribution in [1.29, 1.82) is 0 Å². The number of amides is 2. The van der Waals surface area contributed by atoms with Gasteiger partial charge in [-0.1, -0.05) is 42.5 Å². The minimum atomic E-state index is -0.922. The molecule has 1 atom stereocenters. The largest absolute Gasteiger partial charge is 0.506 e. The number of alkyl carbamates (subject to hydrolysis) is 1. The zero-order valence-electron chi connectivity index (χ0n) is 17.7. The molecule has 0 spiro atoms. The molecule has 0 fully saturated rings. The van der Waals surface area contributed by atoms with Gasteiger partial charge in [-0.25, -0.2) is 4.79 Å². The molecule has 2 amide bonds. The maximum absolute atomic E-state index is 13.1. The first kappa shape index (κ1) is 25.1. The van der Waals surface area contributed by atoms with Crippen LogP contribution in [0.15, 0.2) is 66.7 Å². The number of para-hydroxylation sites is 2. The molecule has 0 aliphatic heterocycles. The molecule has 3 aromatic carbocycles. The fourth-order valence-electron chi connectivity index (χ4n) is 3.06. The lowest BCUT2D eigenvalue weighted by Crippen LogP contribution is -2.45. The number of nitrogens with one attached hydrogen (secondary N) is 2. The minimum Gasteiger partial charge on any atom is -0.506 e. The Hall–Kier alpha value is -2.54.